The average Bonchev–Trinajstić information content (AvgIpc) is 1.99. The van der Waals surface area contributed by atoms with E-state index in [1.165, 1.54) is 0 Å². The number of nitrogens with one attached hydrogen (secondary N) is 1. The largest absolute Gasteiger partial charge is 0.350 e. The summed E-state index contributed by atoms with van der Waals surface area (Å²) in [5, 5.41) is 2.66. The smallest absolute Gasteiger partial charge is 0.270 e. The summed E-state index contributed by atoms with van der Waals surface area (Å²) in [6, 6.07) is 0. The third kappa shape index (κ3) is 3.08. The van der Waals surface area contributed by atoms with Crippen molar-refractivity contribution < 1.29 is 17.4 Å². The predicted molar refractivity (Wildman–Crippen MR) is 50.3 cm³/mol. The summed E-state index contributed by atoms with van der Waals surface area (Å²) in [7, 11) is -4.37. The van der Waals surface area contributed by atoms with Crippen LogP contribution < -0.4 is 5.32 Å². The molecule has 1 aliphatic rings. The van der Waals surface area contributed by atoms with Gasteiger partial charge < -0.3 is 5.32 Å². The third-order valence-corrected chi connectivity index (χ3v) is 2.46. The molecule has 0 aromatic carbocycles. The van der Waals surface area contributed by atoms with Gasteiger partial charge in [-0.15, -0.1) is 0 Å². The van der Waals surface area contributed by atoms with Gasteiger partial charge in [-0.3, -0.25) is 4.55 Å². The van der Waals surface area contributed by atoms with Gasteiger partial charge in [-0.2, -0.15) is 8.42 Å². The Morgan fingerprint density at radius 1 is 1.71 bits per heavy atom. The van der Waals surface area contributed by atoms with Crippen LogP contribution in [0.1, 0.15) is 13.3 Å². The van der Waals surface area contributed by atoms with Crippen molar-refractivity contribution in [3.8, 4) is 0 Å². The normalized spacial score (nSPS) is 26.9. The van der Waals surface area contributed by atoms with Gasteiger partial charge in [0.25, 0.3) is 10.1 Å². The lowest BCUT2D eigenvalue weighted by Crippen LogP contribution is -2.34. The van der Waals surface area contributed by atoms with E-state index in [-0.39, 0.29) is 0 Å². The van der Waals surface area contributed by atoms with Crippen molar-refractivity contribution in [2.75, 3.05) is 5.75 Å². The van der Waals surface area contributed by atoms with Gasteiger partial charge in [0.15, 0.2) is 0 Å². The van der Waals surface area contributed by atoms with Crippen LogP contribution in [0.25, 0.3) is 0 Å². The maximum absolute atomic E-state index is 13.7. The summed E-state index contributed by atoms with van der Waals surface area (Å²) in [5.74, 6) is -3.41. The molecule has 0 aliphatic carbocycles. The molecule has 0 amide bonds. The highest BCUT2D eigenvalue weighted by Crippen LogP contribution is 2.21. The number of rotatable bonds is 3. The molecule has 14 heavy (non-hydrogen) atoms. The first-order valence-electron chi connectivity index (χ1n) is 4.01. The van der Waals surface area contributed by atoms with Crippen LogP contribution in [0.3, 0.4) is 0 Å². The highest BCUT2D eigenvalue weighted by molar-refractivity contribution is 7.85. The van der Waals surface area contributed by atoms with Gasteiger partial charge in [-0.05, 0) is 12.5 Å². The fourth-order valence-corrected chi connectivity index (χ4v) is 1.78. The number of hydrogen-bond acceptors (Lipinski definition) is 4. The fourth-order valence-electron chi connectivity index (χ4n) is 1.11. The zero-order valence-electron chi connectivity index (χ0n) is 7.57. The molecule has 0 radical (unpaired) electrons. The maximum atomic E-state index is 13.7. The first-order chi connectivity index (χ1) is 6.35. The quantitative estimate of drug-likeness (QED) is 0.537. The van der Waals surface area contributed by atoms with Crippen LogP contribution in [0.15, 0.2) is 16.8 Å². The molecule has 2 N–H and O–H groups in total. The van der Waals surface area contributed by atoms with E-state index >= 15 is 0 Å². The van der Waals surface area contributed by atoms with Gasteiger partial charge in [-0.25, -0.2) is 9.38 Å². The second-order valence-corrected chi connectivity index (χ2v) is 4.42. The van der Waals surface area contributed by atoms with Crippen molar-refractivity contribution in [2.45, 2.75) is 19.1 Å². The molecule has 1 heterocycles. The van der Waals surface area contributed by atoms with E-state index in [2.05, 4.69) is 10.3 Å². The molecule has 5 nitrogen and oxygen atoms in total. The van der Waals surface area contributed by atoms with Gasteiger partial charge >= 0.3 is 0 Å². The zero-order valence-corrected chi connectivity index (χ0v) is 8.38. The van der Waals surface area contributed by atoms with E-state index in [0.717, 1.165) is 12.4 Å². The maximum Gasteiger partial charge on any atom is 0.270 e. The molecule has 1 aliphatic heterocycles. The molecule has 0 aromatic heterocycles. The standard InChI is InChI=1S/C7H11FN2O3S/c1-2-6-3-7(8,10-5-9-6)4-14(11,12)13/h3,5H,2,4H2,1H3,(H,9,10)(H,11,12,13). The predicted octanol–water partition coefficient (Wildman–Crippen LogP) is 0.465. The van der Waals surface area contributed by atoms with Gasteiger partial charge in [0, 0.05) is 5.70 Å². The van der Waals surface area contributed by atoms with E-state index in [1.807, 2.05) is 0 Å². The average molecular weight is 222 g/mol. The summed E-state index contributed by atoms with van der Waals surface area (Å²) < 4.78 is 43.1. The molecule has 0 saturated carbocycles. The van der Waals surface area contributed by atoms with E-state index < -0.39 is 21.7 Å². The number of nitrogens with zero attached hydrogens (tertiary/aromatic N) is 1. The van der Waals surface area contributed by atoms with Crippen LogP contribution in [0.4, 0.5) is 4.39 Å². The molecule has 0 bridgehead atoms. The van der Waals surface area contributed by atoms with E-state index in [1.54, 1.807) is 6.92 Å². The van der Waals surface area contributed by atoms with Gasteiger partial charge in [-0.1, -0.05) is 6.92 Å². The summed E-state index contributed by atoms with van der Waals surface area (Å²) in [6.45, 7) is 1.78. The van der Waals surface area contributed by atoms with Crippen molar-refractivity contribution in [3.05, 3.63) is 11.8 Å². The topological polar surface area (TPSA) is 78.8 Å². The Hall–Kier alpha value is -0.950. The lowest BCUT2D eigenvalue weighted by Gasteiger charge is -2.21. The molecule has 1 rings (SSSR count). The van der Waals surface area contributed by atoms with Crippen LogP contribution in [0, 0.1) is 0 Å². The highest BCUT2D eigenvalue weighted by Gasteiger charge is 2.33. The molecule has 0 aromatic rings. The Morgan fingerprint density at radius 2 is 2.36 bits per heavy atom. The van der Waals surface area contributed by atoms with Crippen molar-refractivity contribution >= 4 is 16.5 Å². The first-order valence-corrected chi connectivity index (χ1v) is 5.61. The second-order valence-electron chi connectivity index (χ2n) is 2.97. The van der Waals surface area contributed by atoms with Gasteiger partial charge in [0.05, 0.1) is 6.34 Å². The Balaban J connectivity index is 2.89. The number of hydrogen-bond donors (Lipinski definition) is 2. The Morgan fingerprint density at radius 3 is 2.86 bits per heavy atom. The van der Waals surface area contributed by atoms with E-state index in [0.29, 0.717) is 12.1 Å². The Bertz CT molecular complexity index is 376. The molecule has 1 atom stereocenters. The van der Waals surface area contributed by atoms with Crippen LogP contribution in [0.5, 0.6) is 0 Å². The van der Waals surface area contributed by atoms with Crippen LogP contribution in [-0.2, 0) is 10.1 Å². The van der Waals surface area contributed by atoms with Crippen molar-refractivity contribution in [1.82, 2.24) is 5.32 Å². The van der Waals surface area contributed by atoms with Crippen molar-refractivity contribution in [1.29, 1.82) is 0 Å². The number of aliphatic imine (C=N–C) groups is 1. The number of alkyl halides is 1. The van der Waals surface area contributed by atoms with Crippen molar-refractivity contribution in [3.63, 3.8) is 0 Å². The van der Waals surface area contributed by atoms with Gasteiger partial charge in [0.1, 0.15) is 5.75 Å². The summed E-state index contributed by atoms with van der Waals surface area (Å²) in [6.07, 6.45) is 2.67. The van der Waals surface area contributed by atoms with E-state index in [4.69, 9.17) is 4.55 Å². The minimum absolute atomic E-state index is 0.531. The summed E-state index contributed by atoms with van der Waals surface area (Å²) >= 11 is 0. The SMILES string of the molecule is CCC1=CC(F)(CS(=O)(=O)O)N=CN1. The minimum Gasteiger partial charge on any atom is -0.350 e. The van der Waals surface area contributed by atoms with Crippen LogP contribution in [-0.4, -0.2) is 30.9 Å². The number of halogens is 1. The van der Waals surface area contributed by atoms with Crippen LogP contribution in [0.2, 0.25) is 0 Å². The van der Waals surface area contributed by atoms with E-state index in [9.17, 15) is 12.8 Å². The second kappa shape index (κ2) is 3.66. The van der Waals surface area contributed by atoms with Crippen molar-refractivity contribution in [2.24, 2.45) is 4.99 Å². The molecule has 7 heteroatoms. The number of allylic oxidation sites excluding steroid dienone is 1. The Labute approximate surface area is 81.5 Å². The van der Waals surface area contributed by atoms with Crippen LogP contribution >= 0.6 is 0 Å². The lowest BCUT2D eigenvalue weighted by atomic mass is 10.2. The molecule has 1 unspecified atom stereocenters. The molecular formula is C7H11FN2O3S. The first kappa shape index (κ1) is 11.1. The molecule has 0 spiro atoms. The summed E-state index contributed by atoms with van der Waals surface area (Å²) in [5.41, 5.74) is 0.533. The lowest BCUT2D eigenvalue weighted by molar-refractivity contribution is 0.264. The monoisotopic (exact) mass is 222 g/mol. The highest BCUT2D eigenvalue weighted by atomic mass is 32.2. The van der Waals surface area contributed by atoms with Gasteiger partial charge in [0.2, 0.25) is 5.79 Å². The Kier molecular flexibility index (Phi) is 2.91. The minimum atomic E-state index is -4.37. The molecule has 0 saturated heterocycles. The fraction of sp³-hybridized carbons (Fsp3) is 0.571. The summed E-state index contributed by atoms with van der Waals surface area (Å²) in [4.78, 5) is 3.33. The molecule has 0 fully saturated rings. The molecular weight excluding hydrogens is 211 g/mol. The zero-order chi connectivity index (χ0) is 10.8. The third-order valence-electron chi connectivity index (χ3n) is 1.69. The molecule has 80 valence electrons.